The van der Waals surface area contributed by atoms with E-state index in [1.807, 2.05) is 0 Å². The molecule has 0 rings (SSSR count). The van der Waals surface area contributed by atoms with Crippen LogP contribution in [0.15, 0.2) is 12.2 Å². The predicted octanol–water partition coefficient (Wildman–Crippen LogP) is 8.07. The first-order chi connectivity index (χ1) is 13.7. The highest BCUT2D eigenvalue weighted by Gasteiger charge is 2.46. The van der Waals surface area contributed by atoms with E-state index in [1.54, 1.807) is 21.3 Å². The minimum absolute atomic E-state index is 0.433. The number of hydrogen-bond donors (Lipinski definition) is 0. The molecule has 0 N–H and O–H groups in total. The van der Waals surface area contributed by atoms with Crippen LogP contribution in [0.4, 0.5) is 0 Å². The first-order valence-corrected chi connectivity index (χ1v) is 13.8. The summed E-state index contributed by atoms with van der Waals surface area (Å²) in [5.41, 5.74) is 0.433. The third-order valence-electron chi connectivity index (χ3n) is 5.82. The molecule has 0 saturated carbocycles. The Bertz CT molecular complexity index is 334. The van der Waals surface area contributed by atoms with Crippen LogP contribution in [-0.4, -0.2) is 30.1 Å². The van der Waals surface area contributed by atoms with Gasteiger partial charge in [-0.1, -0.05) is 90.2 Å². The average Bonchev–Trinajstić information content (AvgIpc) is 2.72. The van der Waals surface area contributed by atoms with Gasteiger partial charge in [-0.2, -0.15) is 0 Å². The van der Waals surface area contributed by atoms with Crippen molar-refractivity contribution in [3.8, 4) is 0 Å². The van der Waals surface area contributed by atoms with E-state index in [4.69, 9.17) is 13.3 Å². The van der Waals surface area contributed by atoms with Crippen LogP contribution in [0.3, 0.4) is 0 Å². The van der Waals surface area contributed by atoms with Gasteiger partial charge in [-0.05, 0) is 38.5 Å². The molecule has 1 atom stereocenters. The summed E-state index contributed by atoms with van der Waals surface area (Å²) in [4.78, 5) is 0. The van der Waals surface area contributed by atoms with E-state index in [-0.39, 0.29) is 0 Å². The van der Waals surface area contributed by atoms with Gasteiger partial charge < -0.3 is 13.3 Å². The fourth-order valence-electron chi connectivity index (χ4n) is 4.00. The van der Waals surface area contributed by atoms with Crippen LogP contribution in [0, 0.1) is 0 Å². The molecule has 0 bridgehead atoms. The smallest absolute Gasteiger partial charge is 0.377 e. The van der Waals surface area contributed by atoms with Crippen molar-refractivity contribution in [3.05, 3.63) is 12.2 Å². The van der Waals surface area contributed by atoms with Crippen LogP contribution < -0.4 is 0 Å². The third kappa shape index (κ3) is 13.1. The minimum Gasteiger partial charge on any atom is -0.377 e. The monoisotopic (exact) mass is 414 g/mol. The lowest BCUT2D eigenvalue weighted by molar-refractivity contribution is 0.107. The van der Waals surface area contributed by atoms with Gasteiger partial charge in [0.25, 0.3) is 0 Å². The molecule has 0 amide bonds. The highest BCUT2D eigenvalue weighted by molar-refractivity contribution is 6.62. The second kappa shape index (κ2) is 20.1. The Morgan fingerprint density at radius 1 is 0.571 bits per heavy atom. The molecular formula is C24H50O3Si. The van der Waals surface area contributed by atoms with Crippen LogP contribution in [0.25, 0.3) is 0 Å². The molecule has 28 heavy (non-hydrogen) atoms. The van der Waals surface area contributed by atoms with Crippen molar-refractivity contribution in [1.29, 1.82) is 0 Å². The summed E-state index contributed by atoms with van der Waals surface area (Å²) in [6, 6.07) is 0. The second-order valence-electron chi connectivity index (χ2n) is 8.07. The molecule has 0 aliphatic carbocycles. The van der Waals surface area contributed by atoms with Crippen molar-refractivity contribution in [1.82, 2.24) is 0 Å². The highest BCUT2D eigenvalue weighted by Crippen LogP contribution is 2.34. The van der Waals surface area contributed by atoms with E-state index in [2.05, 4.69) is 26.0 Å². The molecule has 0 aliphatic rings. The molecule has 1 unspecified atom stereocenters. The highest BCUT2D eigenvalue weighted by atomic mass is 28.4. The van der Waals surface area contributed by atoms with Crippen LogP contribution in [0.2, 0.25) is 5.54 Å². The van der Waals surface area contributed by atoms with Gasteiger partial charge >= 0.3 is 8.80 Å². The van der Waals surface area contributed by atoms with Gasteiger partial charge in [-0.15, -0.1) is 0 Å². The van der Waals surface area contributed by atoms with Gasteiger partial charge in [0, 0.05) is 26.9 Å². The largest absolute Gasteiger partial charge is 0.503 e. The molecule has 168 valence electrons. The molecule has 0 aliphatic heterocycles. The summed E-state index contributed by atoms with van der Waals surface area (Å²) < 4.78 is 17.3. The lowest BCUT2D eigenvalue weighted by Crippen LogP contribution is -2.47. The molecular weight excluding hydrogens is 364 g/mol. The maximum Gasteiger partial charge on any atom is 0.503 e. The lowest BCUT2D eigenvalue weighted by Gasteiger charge is -2.32. The van der Waals surface area contributed by atoms with E-state index in [0.717, 1.165) is 12.8 Å². The summed E-state index contributed by atoms with van der Waals surface area (Å²) in [5.74, 6) is 0. The Balaban J connectivity index is 3.96. The Morgan fingerprint density at radius 3 is 1.46 bits per heavy atom. The van der Waals surface area contributed by atoms with E-state index in [0.29, 0.717) is 5.54 Å². The maximum absolute atomic E-state index is 5.78. The molecule has 0 fully saturated rings. The van der Waals surface area contributed by atoms with Gasteiger partial charge in [0.1, 0.15) is 0 Å². The summed E-state index contributed by atoms with van der Waals surface area (Å²) in [7, 11) is 2.74. The zero-order valence-corrected chi connectivity index (χ0v) is 20.8. The first-order valence-electron chi connectivity index (χ1n) is 12.0. The van der Waals surface area contributed by atoms with E-state index >= 15 is 0 Å². The number of unbranched alkanes of at least 4 members (excludes halogenated alkanes) is 11. The maximum atomic E-state index is 5.78. The summed E-state index contributed by atoms with van der Waals surface area (Å²) >= 11 is 0. The Hall–Kier alpha value is -0.163. The van der Waals surface area contributed by atoms with Gasteiger partial charge in [0.2, 0.25) is 0 Å². The van der Waals surface area contributed by atoms with Crippen LogP contribution in [0.1, 0.15) is 117 Å². The SMILES string of the molecule is CCCCCCCC/C=C\CCCCCC(CCCCC)[Si](OC)(OC)OC. The Labute approximate surface area is 178 Å². The van der Waals surface area contributed by atoms with Crippen LogP contribution >= 0.6 is 0 Å². The molecule has 0 aromatic carbocycles. The van der Waals surface area contributed by atoms with Crippen LogP contribution in [-0.2, 0) is 13.3 Å². The molecule has 0 saturated heterocycles. The second-order valence-corrected chi connectivity index (χ2v) is 11.3. The van der Waals surface area contributed by atoms with Crippen molar-refractivity contribution in [3.63, 3.8) is 0 Å². The predicted molar refractivity (Wildman–Crippen MR) is 125 cm³/mol. The standard InChI is InChI=1S/C24H50O3Si/c1-6-8-10-11-12-13-14-15-16-17-18-19-21-23-24(22-20-9-7-2)28(25-3,26-4)27-5/h15-16,24H,6-14,17-23H2,1-5H3/b16-15-. The number of allylic oxidation sites excluding steroid dienone is 2. The average molecular weight is 415 g/mol. The zero-order chi connectivity index (χ0) is 20.9. The summed E-state index contributed by atoms with van der Waals surface area (Å²) in [6.45, 7) is 4.53. The summed E-state index contributed by atoms with van der Waals surface area (Å²) in [6.07, 6.45) is 25.5. The van der Waals surface area contributed by atoms with E-state index < -0.39 is 8.80 Å². The Kier molecular flexibility index (Phi) is 20.0. The first kappa shape index (κ1) is 27.8. The molecule has 0 radical (unpaired) electrons. The molecule has 0 spiro atoms. The number of rotatable bonds is 21. The van der Waals surface area contributed by atoms with Crippen molar-refractivity contribution < 1.29 is 13.3 Å². The summed E-state index contributed by atoms with van der Waals surface area (Å²) in [5, 5.41) is 0. The third-order valence-corrected chi connectivity index (χ3v) is 9.11. The molecule has 0 aromatic heterocycles. The van der Waals surface area contributed by atoms with Gasteiger partial charge in [-0.25, -0.2) is 0 Å². The fourth-order valence-corrected chi connectivity index (χ4v) is 6.61. The van der Waals surface area contributed by atoms with Gasteiger partial charge in [0.15, 0.2) is 0 Å². The normalized spacial score (nSPS) is 13.5. The van der Waals surface area contributed by atoms with Gasteiger partial charge in [0.05, 0.1) is 0 Å². The van der Waals surface area contributed by atoms with E-state index in [9.17, 15) is 0 Å². The molecule has 4 heteroatoms. The topological polar surface area (TPSA) is 27.7 Å². The Morgan fingerprint density at radius 2 is 0.964 bits per heavy atom. The van der Waals surface area contributed by atoms with Crippen LogP contribution in [0.5, 0.6) is 0 Å². The molecule has 0 heterocycles. The van der Waals surface area contributed by atoms with E-state index in [1.165, 1.54) is 89.9 Å². The van der Waals surface area contributed by atoms with Gasteiger partial charge in [-0.3, -0.25) is 0 Å². The van der Waals surface area contributed by atoms with Crippen molar-refractivity contribution in [2.24, 2.45) is 0 Å². The lowest BCUT2D eigenvalue weighted by atomic mass is 10.1. The fraction of sp³-hybridized carbons (Fsp3) is 0.917. The van der Waals surface area contributed by atoms with Crippen molar-refractivity contribution in [2.75, 3.05) is 21.3 Å². The van der Waals surface area contributed by atoms with Crippen molar-refractivity contribution in [2.45, 2.75) is 122 Å². The zero-order valence-electron chi connectivity index (χ0n) is 19.8. The van der Waals surface area contributed by atoms with Crippen molar-refractivity contribution >= 4 is 8.80 Å². The minimum atomic E-state index is -2.51. The molecule has 3 nitrogen and oxygen atoms in total. The quantitative estimate of drug-likeness (QED) is 0.108. The molecule has 0 aromatic rings. The number of hydrogen-bond acceptors (Lipinski definition) is 3.